The number of amides is 1. The summed E-state index contributed by atoms with van der Waals surface area (Å²) in [6.07, 6.45) is 0.0379. The molecule has 2 aromatic rings. The number of nitrogens with one attached hydrogen (secondary N) is 1. The quantitative estimate of drug-likeness (QED) is 0.621. The van der Waals surface area contributed by atoms with E-state index in [1.807, 2.05) is 19.0 Å². The van der Waals surface area contributed by atoms with Gasteiger partial charge in [-0.25, -0.2) is 8.42 Å². The molecule has 0 bridgehead atoms. The van der Waals surface area contributed by atoms with E-state index >= 15 is 0 Å². The molecule has 0 atom stereocenters. The molecule has 0 saturated carbocycles. The number of carbonyl (C=O) groups excluding carboxylic acids is 1. The monoisotopic (exact) mass is 481 g/mol. The van der Waals surface area contributed by atoms with Crippen LogP contribution in [0.3, 0.4) is 0 Å². The zero-order chi connectivity index (χ0) is 23.5. The zero-order valence-electron chi connectivity index (χ0n) is 18.6. The molecule has 32 heavy (non-hydrogen) atoms. The van der Waals surface area contributed by atoms with Gasteiger partial charge >= 0.3 is 0 Å². The van der Waals surface area contributed by atoms with E-state index in [2.05, 4.69) is 5.32 Å². The van der Waals surface area contributed by atoms with Gasteiger partial charge in [0.1, 0.15) is 13.2 Å². The van der Waals surface area contributed by atoms with Gasteiger partial charge in [0.2, 0.25) is 15.9 Å². The molecule has 1 N–H and O–H groups in total. The molecule has 1 heterocycles. The maximum absolute atomic E-state index is 12.9. The molecule has 0 aromatic heterocycles. The predicted molar refractivity (Wildman–Crippen MR) is 126 cm³/mol. The van der Waals surface area contributed by atoms with E-state index < -0.39 is 10.0 Å². The molecule has 1 amide bonds. The van der Waals surface area contributed by atoms with Crippen molar-refractivity contribution in [3.05, 3.63) is 40.9 Å². The standard InChI is InChI=1S/C22H28ClN3O5S/c1-5-26(6-2)32(28,29)16-7-8-19(25(3)4)18(14-16)24-21(27)13-15-11-17(23)22-20(12-15)30-9-10-31-22/h7-8,11-12,14H,5-6,9-10,13H2,1-4H3,(H,24,27). The molecule has 0 unspecified atom stereocenters. The third-order valence-electron chi connectivity index (χ3n) is 5.09. The lowest BCUT2D eigenvalue weighted by Gasteiger charge is -2.22. The van der Waals surface area contributed by atoms with Crippen molar-refractivity contribution in [2.45, 2.75) is 25.2 Å². The van der Waals surface area contributed by atoms with Crippen molar-refractivity contribution in [1.29, 1.82) is 0 Å². The third kappa shape index (κ3) is 5.11. The highest BCUT2D eigenvalue weighted by Gasteiger charge is 2.24. The molecule has 1 aliphatic rings. The van der Waals surface area contributed by atoms with Gasteiger partial charge in [-0.2, -0.15) is 4.31 Å². The van der Waals surface area contributed by atoms with Crippen molar-refractivity contribution in [2.24, 2.45) is 0 Å². The van der Waals surface area contributed by atoms with E-state index in [0.29, 0.717) is 59.8 Å². The molecular weight excluding hydrogens is 454 g/mol. The maximum Gasteiger partial charge on any atom is 0.243 e. The van der Waals surface area contributed by atoms with Gasteiger partial charge in [0.05, 0.1) is 27.7 Å². The van der Waals surface area contributed by atoms with Gasteiger partial charge < -0.3 is 19.7 Å². The van der Waals surface area contributed by atoms with Gasteiger partial charge in [-0.3, -0.25) is 4.79 Å². The Bertz CT molecular complexity index is 1100. The van der Waals surface area contributed by atoms with Gasteiger partial charge in [0.25, 0.3) is 0 Å². The van der Waals surface area contributed by atoms with E-state index in [0.717, 1.165) is 0 Å². The summed E-state index contributed by atoms with van der Waals surface area (Å²) in [7, 11) is -0.0140. The fraction of sp³-hybridized carbons (Fsp3) is 0.409. The van der Waals surface area contributed by atoms with Crippen LogP contribution < -0.4 is 19.7 Å². The van der Waals surface area contributed by atoms with Crippen LogP contribution in [-0.2, 0) is 21.2 Å². The van der Waals surface area contributed by atoms with Gasteiger partial charge in [-0.05, 0) is 35.9 Å². The molecule has 10 heteroatoms. The number of ether oxygens (including phenoxy) is 2. The van der Waals surface area contributed by atoms with Crippen LogP contribution in [0.1, 0.15) is 19.4 Å². The summed E-state index contributed by atoms with van der Waals surface area (Å²) in [6.45, 7) is 5.14. The molecule has 0 radical (unpaired) electrons. The number of hydrogen-bond donors (Lipinski definition) is 1. The zero-order valence-corrected chi connectivity index (χ0v) is 20.2. The number of halogens is 1. The van der Waals surface area contributed by atoms with Crippen LogP contribution in [0.2, 0.25) is 5.02 Å². The number of carbonyl (C=O) groups is 1. The summed E-state index contributed by atoms with van der Waals surface area (Å²) >= 11 is 6.27. The Balaban J connectivity index is 1.87. The van der Waals surface area contributed by atoms with Crippen molar-refractivity contribution < 1.29 is 22.7 Å². The number of nitrogens with zero attached hydrogens (tertiary/aromatic N) is 2. The Morgan fingerprint density at radius 2 is 1.78 bits per heavy atom. The van der Waals surface area contributed by atoms with E-state index in [-0.39, 0.29) is 17.2 Å². The molecule has 174 valence electrons. The van der Waals surface area contributed by atoms with Crippen LogP contribution in [0.25, 0.3) is 0 Å². The number of sulfonamides is 1. The molecule has 0 spiro atoms. The first-order valence-corrected chi connectivity index (χ1v) is 12.2. The second-order valence-electron chi connectivity index (χ2n) is 7.49. The summed E-state index contributed by atoms with van der Waals surface area (Å²) < 4.78 is 38.3. The molecule has 2 aromatic carbocycles. The fourth-order valence-electron chi connectivity index (χ4n) is 3.52. The van der Waals surface area contributed by atoms with Crippen LogP contribution >= 0.6 is 11.6 Å². The smallest absolute Gasteiger partial charge is 0.243 e. The second-order valence-corrected chi connectivity index (χ2v) is 9.83. The first-order chi connectivity index (χ1) is 15.2. The topological polar surface area (TPSA) is 88.2 Å². The minimum atomic E-state index is -3.66. The van der Waals surface area contributed by atoms with Crippen LogP contribution in [0.15, 0.2) is 35.2 Å². The number of hydrogen-bond acceptors (Lipinski definition) is 6. The fourth-order valence-corrected chi connectivity index (χ4v) is 5.30. The average Bonchev–Trinajstić information content (AvgIpc) is 2.74. The molecular formula is C22H28ClN3O5S. The number of fused-ring (bicyclic) bond motifs is 1. The molecule has 0 fully saturated rings. The van der Waals surface area contributed by atoms with E-state index in [4.69, 9.17) is 21.1 Å². The van der Waals surface area contributed by atoms with E-state index in [1.165, 1.54) is 10.4 Å². The predicted octanol–water partition coefficient (Wildman–Crippen LogP) is 3.39. The Hall–Kier alpha value is -2.49. The summed E-state index contributed by atoms with van der Waals surface area (Å²) in [4.78, 5) is 14.8. The lowest BCUT2D eigenvalue weighted by atomic mass is 10.1. The summed E-state index contributed by atoms with van der Waals surface area (Å²) in [5.41, 5.74) is 1.77. The second kappa shape index (κ2) is 9.97. The van der Waals surface area contributed by atoms with Crippen molar-refractivity contribution in [2.75, 3.05) is 50.6 Å². The largest absolute Gasteiger partial charge is 0.486 e. The van der Waals surface area contributed by atoms with Crippen LogP contribution in [0.4, 0.5) is 11.4 Å². The Morgan fingerprint density at radius 1 is 1.09 bits per heavy atom. The van der Waals surface area contributed by atoms with E-state index in [9.17, 15) is 13.2 Å². The molecule has 8 nitrogen and oxygen atoms in total. The Kier molecular flexibility index (Phi) is 7.53. The molecule has 0 aliphatic carbocycles. The minimum Gasteiger partial charge on any atom is -0.486 e. The van der Waals surface area contributed by atoms with Gasteiger partial charge in [-0.15, -0.1) is 0 Å². The van der Waals surface area contributed by atoms with Gasteiger partial charge in [-0.1, -0.05) is 25.4 Å². The minimum absolute atomic E-state index is 0.0379. The molecule has 0 saturated heterocycles. The highest BCUT2D eigenvalue weighted by atomic mass is 35.5. The SMILES string of the molecule is CCN(CC)S(=O)(=O)c1ccc(N(C)C)c(NC(=O)Cc2cc(Cl)c3c(c2)OCCO3)c1. The molecule has 3 rings (SSSR count). The van der Waals surface area contributed by atoms with Crippen molar-refractivity contribution in [3.63, 3.8) is 0 Å². The van der Waals surface area contributed by atoms with Crippen LogP contribution in [0.5, 0.6) is 11.5 Å². The summed E-state index contributed by atoms with van der Waals surface area (Å²) in [5, 5.41) is 3.23. The number of anilines is 2. The Morgan fingerprint density at radius 3 is 2.44 bits per heavy atom. The number of benzene rings is 2. The first kappa shape index (κ1) is 24.2. The maximum atomic E-state index is 12.9. The van der Waals surface area contributed by atoms with Crippen molar-refractivity contribution in [3.8, 4) is 11.5 Å². The Labute approximate surface area is 194 Å². The highest BCUT2D eigenvalue weighted by Crippen LogP contribution is 2.38. The summed E-state index contributed by atoms with van der Waals surface area (Å²) in [5.74, 6) is 0.678. The van der Waals surface area contributed by atoms with Gasteiger partial charge in [0.15, 0.2) is 11.5 Å². The first-order valence-electron chi connectivity index (χ1n) is 10.4. The highest BCUT2D eigenvalue weighted by molar-refractivity contribution is 7.89. The van der Waals surface area contributed by atoms with Crippen molar-refractivity contribution in [1.82, 2.24) is 4.31 Å². The van der Waals surface area contributed by atoms with E-state index in [1.54, 1.807) is 38.1 Å². The molecule has 1 aliphatic heterocycles. The van der Waals surface area contributed by atoms with Crippen LogP contribution in [-0.4, -0.2) is 59.0 Å². The average molecular weight is 482 g/mol. The van der Waals surface area contributed by atoms with Gasteiger partial charge in [0, 0.05) is 27.2 Å². The number of rotatable bonds is 8. The normalized spacial score (nSPS) is 13.2. The summed E-state index contributed by atoms with van der Waals surface area (Å²) in [6, 6.07) is 8.14. The van der Waals surface area contributed by atoms with Crippen LogP contribution in [0, 0.1) is 0 Å². The van der Waals surface area contributed by atoms with Crippen molar-refractivity contribution >= 4 is 38.9 Å². The third-order valence-corrected chi connectivity index (χ3v) is 7.42. The lowest BCUT2D eigenvalue weighted by Crippen LogP contribution is -2.30. The lowest BCUT2D eigenvalue weighted by molar-refractivity contribution is -0.115.